The second-order valence-electron chi connectivity index (χ2n) is 4.88. The summed E-state index contributed by atoms with van der Waals surface area (Å²) in [5.74, 6) is -1.43. The number of amides is 1. The van der Waals surface area contributed by atoms with Gasteiger partial charge in [-0.05, 0) is 11.1 Å². The summed E-state index contributed by atoms with van der Waals surface area (Å²) in [6.45, 7) is 0.0529. The molecule has 0 fully saturated rings. The fourth-order valence-electron chi connectivity index (χ4n) is 2.04. The van der Waals surface area contributed by atoms with Gasteiger partial charge in [-0.2, -0.15) is 0 Å². The Balaban J connectivity index is 2.02. The number of alkyl carbamates (subject to hydrolysis) is 1. The van der Waals surface area contributed by atoms with E-state index in [9.17, 15) is 14.7 Å². The molecule has 6 heteroatoms. The maximum Gasteiger partial charge on any atom is 0.408 e. The molecule has 0 aromatic heterocycles. The molecule has 0 aliphatic heterocycles. The van der Waals surface area contributed by atoms with Crippen LogP contribution in [0.4, 0.5) is 4.79 Å². The van der Waals surface area contributed by atoms with Gasteiger partial charge >= 0.3 is 12.1 Å². The topological polar surface area (TPSA) is 95.9 Å². The zero-order valence-corrected chi connectivity index (χ0v) is 12.3. The van der Waals surface area contributed by atoms with Gasteiger partial charge in [-0.3, -0.25) is 0 Å². The molecule has 0 saturated carbocycles. The fraction of sp³-hybridized carbons (Fsp3) is 0.176. The summed E-state index contributed by atoms with van der Waals surface area (Å²) in [7, 11) is 0. The van der Waals surface area contributed by atoms with E-state index in [0.29, 0.717) is 5.56 Å². The third kappa shape index (κ3) is 4.82. The first-order valence-electron chi connectivity index (χ1n) is 7.01. The van der Waals surface area contributed by atoms with Crippen LogP contribution < -0.4 is 5.32 Å². The van der Waals surface area contributed by atoms with Crippen molar-refractivity contribution in [1.29, 1.82) is 0 Å². The van der Waals surface area contributed by atoms with Gasteiger partial charge in [0.05, 0.1) is 6.04 Å². The number of carbonyl (C=O) groups excluding carboxylic acids is 1. The van der Waals surface area contributed by atoms with Crippen molar-refractivity contribution >= 4 is 12.1 Å². The molecule has 0 bridgehead atoms. The van der Waals surface area contributed by atoms with E-state index < -0.39 is 24.2 Å². The van der Waals surface area contributed by atoms with Gasteiger partial charge in [0.2, 0.25) is 0 Å². The van der Waals surface area contributed by atoms with Gasteiger partial charge in [-0.1, -0.05) is 60.7 Å². The monoisotopic (exact) mass is 315 g/mol. The van der Waals surface area contributed by atoms with Gasteiger partial charge in [0.15, 0.2) is 6.10 Å². The van der Waals surface area contributed by atoms with Gasteiger partial charge in [0.1, 0.15) is 6.61 Å². The third-order valence-electron chi connectivity index (χ3n) is 3.21. The average Bonchev–Trinajstić information content (AvgIpc) is 2.59. The number of nitrogens with one attached hydrogen (secondary N) is 1. The molecule has 0 heterocycles. The van der Waals surface area contributed by atoms with Crippen LogP contribution in [0, 0.1) is 0 Å². The molecule has 120 valence electrons. The number of aliphatic hydroxyl groups is 1. The van der Waals surface area contributed by atoms with E-state index in [4.69, 9.17) is 9.84 Å². The molecule has 1 amide bonds. The van der Waals surface area contributed by atoms with Gasteiger partial charge < -0.3 is 20.3 Å². The van der Waals surface area contributed by atoms with Crippen LogP contribution >= 0.6 is 0 Å². The number of aliphatic hydroxyl groups excluding tert-OH is 1. The first-order valence-corrected chi connectivity index (χ1v) is 7.01. The van der Waals surface area contributed by atoms with E-state index in [1.807, 2.05) is 18.2 Å². The molecule has 2 atom stereocenters. The summed E-state index contributed by atoms with van der Waals surface area (Å²) >= 11 is 0. The number of hydrogen-bond donors (Lipinski definition) is 3. The van der Waals surface area contributed by atoms with Crippen LogP contribution in [0.1, 0.15) is 17.2 Å². The Morgan fingerprint density at radius 2 is 1.57 bits per heavy atom. The second-order valence-corrected chi connectivity index (χ2v) is 4.88. The summed E-state index contributed by atoms with van der Waals surface area (Å²) < 4.78 is 5.06. The van der Waals surface area contributed by atoms with E-state index in [-0.39, 0.29) is 6.61 Å². The molecule has 6 nitrogen and oxygen atoms in total. The first-order chi connectivity index (χ1) is 11.1. The quantitative estimate of drug-likeness (QED) is 0.758. The van der Waals surface area contributed by atoms with Crippen LogP contribution in [0.15, 0.2) is 60.7 Å². The highest BCUT2D eigenvalue weighted by atomic mass is 16.5. The Kier molecular flexibility index (Phi) is 5.71. The molecule has 0 unspecified atom stereocenters. The molecular weight excluding hydrogens is 298 g/mol. The Bertz CT molecular complexity index is 645. The van der Waals surface area contributed by atoms with Crippen LogP contribution in [-0.2, 0) is 16.1 Å². The Hall–Kier alpha value is -2.86. The van der Waals surface area contributed by atoms with Gasteiger partial charge in [-0.15, -0.1) is 0 Å². The highest BCUT2D eigenvalue weighted by Gasteiger charge is 2.29. The van der Waals surface area contributed by atoms with Crippen molar-refractivity contribution in [3.05, 3.63) is 71.8 Å². The highest BCUT2D eigenvalue weighted by Crippen LogP contribution is 2.17. The Morgan fingerprint density at radius 3 is 2.13 bits per heavy atom. The maximum absolute atomic E-state index is 11.9. The van der Waals surface area contributed by atoms with Crippen LogP contribution in [0.5, 0.6) is 0 Å². The van der Waals surface area contributed by atoms with Crippen LogP contribution in [0.2, 0.25) is 0 Å². The average molecular weight is 315 g/mol. The third-order valence-corrected chi connectivity index (χ3v) is 3.21. The zero-order valence-electron chi connectivity index (χ0n) is 12.3. The predicted molar refractivity (Wildman–Crippen MR) is 82.6 cm³/mol. The van der Waals surface area contributed by atoms with Crippen molar-refractivity contribution in [3.63, 3.8) is 0 Å². The second kappa shape index (κ2) is 7.95. The minimum Gasteiger partial charge on any atom is -0.479 e. The molecule has 2 aromatic carbocycles. The molecule has 0 radical (unpaired) electrons. The summed E-state index contributed by atoms with van der Waals surface area (Å²) in [5, 5.41) is 21.2. The molecule has 0 aliphatic rings. The van der Waals surface area contributed by atoms with Gasteiger partial charge in [0, 0.05) is 0 Å². The predicted octanol–water partition coefficient (Wildman–Crippen LogP) is 2.10. The Labute approximate surface area is 133 Å². The molecular formula is C17H17NO5. The minimum absolute atomic E-state index is 0.0529. The molecule has 2 rings (SSSR count). The van der Waals surface area contributed by atoms with Crippen molar-refractivity contribution in [1.82, 2.24) is 5.32 Å². The number of aliphatic carboxylic acids is 1. The fourth-order valence-corrected chi connectivity index (χ4v) is 2.04. The van der Waals surface area contributed by atoms with E-state index in [1.54, 1.807) is 42.5 Å². The van der Waals surface area contributed by atoms with E-state index in [2.05, 4.69) is 5.32 Å². The molecule has 3 N–H and O–H groups in total. The van der Waals surface area contributed by atoms with Crippen LogP contribution in [0.3, 0.4) is 0 Å². The Morgan fingerprint density at radius 1 is 1.00 bits per heavy atom. The maximum atomic E-state index is 11.9. The van der Waals surface area contributed by atoms with Crippen molar-refractivity contribution in [2.75, 3.05) is 0 Å². The van der Waals surface area contributed by atoms with Gasteiger partial charge in [0.25, 0.3) is 0 Å². The van der Waals surface area contributed by atoms with Crippen molar-refractivity contribution in [2.45, 2.75) is 18.8 Å². The van der Waals surface area contributed by atoms with E-state index in [0.717, 1.165) is 5.56 Å². The number of rotatable bonds is 6. The summed E-state index contributed by atoms with van der Waals surface area (Å²) in [6.07, 6.45) is -2.58. The van der Waals surface area contributed by atoms with Gasteiger partial charge in [-0.25, -0.2) is 9.59 Å². The minimum atomic E-state index is -1.78. The number of hydrogen-bond acceptors (Lipinski definition) is 4. The van der Waals surface area contributed by atoms with E-state index in [1.165, 1.54) is 0 Å². The molecule has 0 spiro atoms. The zero-order chi connectivity index (χ0) is 16.7. The lowest BCUT2D eigenvalue weighted by Crippen LogP contribution is -2.40. The molecule has 0 aliphatic carbocycles. The van der Waals surface area contributed by atoms with Crippen LogP contribution in [0.25, 0.3) is 0 Å². The largest absolute Gasteiger partial charge is 0.479 e. The molecule has 0 saturated heterocycles. The number of ether oxygens (including phenoxy) is 1. The lowest BCUT2D eigenvalue weighted by Gasteiger charge is -2.21. The smallest absolute Gasteiger partial charge is 0.408 e. The van der Waals surface area contributed by atoms with Crippen molar-refractivity contribution in [3.8, 4) is 0 Å². The number of carbonyl (C=O) groups is 2. The number of benzene rings is 2. The first kappa shape index (κ1) is 16.5. The lowest BCUT2D eigenvalue weighted by atomic mass is 10.0. The lowest BCUT2D eigenvalue weighted by molar-refractivity contribution is -0.148. The summed E-state index contributed by atoms with van der Waals surface area (Å²) in [5.41, 5.74) is 1.27. The van der Waals surface area contributed by atoms with Crippen molar-refractivity contribution in [2.24, 2.45) is 0 Å². The number of carboxylic acids is 1. The molecule has 23 heavy (non-hydrogen) atoms. The summed E-state index contributed by atoms with van der Waals surface area (Å²) in [6, 6.07) is 16.3. The number of carboxylic acid groups (broad SMARTS) is 1. The normalized spacial score (nSPS) is 12.9. The summed E-state index contributed by atoms with van der Waals surface area (Å²) in [4.78, 5) is 22.9. The molecule has 2 aromatic rings. The van der Waals surface area contributed by atoms with Crippen molar-refractivity contribution < 1.29 is 24.5 Å². The van der Waals surface area contributed by atoms with E-state index >= 15 is 0 Å². The SMILES string of the molecule is O=C(N[C@H](c1ccccc1)[C@H](O)C(=O)O)OCc1ccccc1. The van der Waals surface area contributed by atoms with Crippen LogP contribution in [-0.4, -0.2) is 28.4 Å². The standard InChI is InChI=1S/C17H17NO5/c19-15(16(20)21)14(13-9-5-2-6-10-13)18-17(22)23-11-12-7-3-1-4-8-12/h1-10,14-15,19H,11H2,(H,18,22)(H,20,21)/t14-,15+/m1/s1. The highest BCUT2D eigenvalue weighted by molar-refractivity contribution is 5.75.